The first-order valence-electron chi connectivity index (χ1n) is 16.3. The molecule has 1 saturated carbocycles. The molecule has 0 aromatic heterocycles. The average molecular weight is 636 g/mol. The zero-order valence-corrected chi connectivity index (χ0v) is 29.9. The van der Waals surface area contributed by atoms with E-state index in [2.05, 4.69) is 68.3 Å². The Bertz CT molecular complexity index is 1160. The maximum Gasteiger partial charge on any atom is 0.228 e. The number of carbonyl (C=O) groups is 2. The van der Waals surface area contributed by atoms with Crippen LogP contribution in [0.2, 0.25) is 10.0 Å². The van der Waals surface area contributed by atoms with E-state index in [4.69, 9.17) is 23.2 Å². The number of amides is 2. The van der Waals surface area contributed by atoms with Gasteiger partial charge >= 0.3 is 0 Å². The number of halogens is 2. The van der Waals surface area contributed by atoms with Crippen LogP contribution in [0.15, 0.2) is 18.2 Å². The van der Waals surface area contributed by atoms with Gasteiger partial charge in [0.15, 0.2) is 0 Å². The third-order valence-corrected chi connectivity index (χ3v) is 10.7. The Hall–Kier alpha value is -1.34. The normalized spacial score (nSPS) is 27.2. The highest BCUT2D eigenvalue weighted by Gasteiger charge is 2.49. The maximum atomic E-state index is 14.8. The molecule has 242 valence electrons. The van der Waals surface area contributed by atoms with E-state index in [1.54, 1.807) is 6.07 Å². The van der Waals surface area contributed by atoms with Gasteiger partial charge in [0.25, 0.3) is 0 Å². The van der Waals surface area contributed by atoms with E-state index in [0.717, 1.165) is 50.8 Å². The molecule has 6 nitrogen and oxygen atoms in total. The molecule has 0 bridgehead atoms. The van der Waals surface area contributed by atoms with Crippen molar-refractivity contribution in [1.29, 1.82) is 0 Å². The SMILES string of the molecule is CN(C)C[C@@H]1C[C@H](N(C(=O)C(C)(C)C)C2CCC(C)(C)CC2)CN1C(=O)[C@@H]1CN(C(C)(C)C)C[C@H]1c1ccc(Cl)cc1Cl. The molecule has 4 atom stereocenters. The summed E-state index contributed by atoms with van der Waals surface area (Å²) in [6.07, 6.45) is 5.11. The van der Waals surface area contributed by atoms with Crippen LogP contribution in [0.3, 0.4) is 0 Å². The summed E-state index contributed by atoms with van der Waals surface area (Å²) in [7, 11) is 4.15. The maximum absolute atomic E-state index is 14.8. The smallest absolute Gasteiger partial charge is 0.228 e. The first-order valence-corrected chi connectivity index (χ1v) is 17.0. The summed E-state index contributed by atoms with van der Waals surface area (Å²) in [5.41, 5.74) is 0.756. The topological polar surface area (TPSA) is 47.1 Å². The number of hydrogen-bond acceptors (Lipinski definition) is 4. The Morgan fingerprint density at radius 1 is 0.953 bits per heavy atom. The fourth-order valence-electron chi connectivity index (χ4n) is 7.57. The van der Waals surface area contributed by atoms with Crippen molar-refractivity contribution in [1.82, 2.24) is 19.6 Å². The lowest BCUT2D eigenvalue weighted by Gasteiger charge is -2.45. The van der Waals surface area contributed by atoms with E-state index in [1.165, 1.54) is 0 Å². The molecule has 2 heterocycles. The minimum absolute atomic E-state index is 0.0181. The number of likely N-dealkylation sites (tertiary alicyclic amines) is 2. The highest BCUT2D eigenvalue weighted by molar-refractivity contribution is 6.35. The number of likely N-dealkylation sites (N-methyl/N-ethyl adjacent to an activating group) is 1. The molecule has 0 N–H and O–H groups in total. The van der Waals surface area contributed by atoms with Gasteiger partial charge in [0.2, 0.25) is 11.8 Å². The van der Waals surface area contributed by atoms with E-state index >= 15 is 0 Å². The number of rotatable bonds is 6. The summed E-state index contributed by atoms with van der Waals surface area (Å²) in [4.78, 5) is 37.8. The molecule has 1 aromatic carbocycles. The lowest BCUT2D eigenvalue weighted by atomic mass is 9.74. The van der Waals surface area contributed by atoms with Crippen molar-refractivity contribution >= 4 is 35.0 Å². The van der Waals surface area contributed by atoms with Gasteiger partial charge in [-0.3, -0.25) is 14.5 Å². The molecule has 0 radical (unpaired) electrons. The molecular weight excluding hydrogens is 579 g/mol. The minimum Gasteiger partial charge on any atom is -0.336 e. The van der Waals surface area contributed by atoms with Gasteiger partial charge in [-0.1, -0.05) is 63.9 Å². The van der Waals surface area contributed by atoms with Gasteiger partial charge in [0.05, 0.1) is 12.0 Å². The van der Waals surface area contributed by atoms with Crippen LogP contribution in [0.1, 0.15) is 99.0 Å². The van der Waals surface area contributed by atoms with Crippen molar-refractivity contribution in [2.75, 3.05) is 40.3 Å². The molecule has 0 spiro atoms. The molecule has 3 fully saturated rings. The highest BCUT2D eigenvalue weighted by atomic mass is 35.5. The van der Waals surface area contributed by atoms with Crippen LogP contribution in [0.5, 0.6) is 0 Å². The van der Waals surface area contributed by atoms with E-state index in [0.29, 0.717) is 28.5 Å². The summed E-state index contributed by atoms with van der Waals surface area (Å²) in [5, 5.41) is 1.22. The van der Waals surface area contributed by atoms with E-state index in [-0.39, 0.29) is 47.3 Å². The summed E-state index contributed by atoms with van der Waals surface area (Å²) in [6, 6.07) is 5.97. The van der Waals surface area contributed by atoms with Crippen LogP contribution in [0, 0.1) is 16.7 Å². The monoisotopic (exact) mass is 634 g/mol. The van der Waals surface area contributed by atoms with Gasteiger partial charge in [-0.05, 0) is 90.1 Å². The largest absolute Gasteiger partial charge is 0.336 e. The fourth-order valence-corrected chi connectivity index (χ4v) is 8.12. The van der Waals surface area contributed by atoms with Crippen molar-refractivity contribution in [3.05, 3.63) is 33.8 Å². The predicted octanol–water partition coefficient (Wildman–Crippen LogP) is 7.18. The van der Waals surface area contributed by atoms with Crippen molar-refractivity contribution in [2.45, 2.75) is 117 Å². The fraction of sp³-hybridized carbons (Fsp3) is 0.771. The Morgan fingerprint density at radius 2 is 1.58 bits per heavy atom. The van der Waals surface area contributed by atoms with Crippen LogP contribution >= 0.6 is 23.2 Å². The molecule has 8 heteroatoms. The van der Waals surface area contributed by atoms with Crippen LogP contribution in [-0.2, 0) is 9.59 Å². The Labute approximate surface area is 271 Å². The zero-order valence-electron chi connectivity index (χ0n) is 28.3. The molecule has 1 aliphatic carbocycles. The molecule has 2 amide bonds. The second-order valence-corrected chi connectivity index (χ2v) is 17.5. The van der Waals surface area contributed by atoms with Crippen molar-refractivity contribution < 1.29 is 9.59 Å². The van der Waals surface area contributed by atoms with Gasteiger partial charge in [0.1, 0.15) is 0 Å². The molecular formula is C35H56Cl2N4O2. The third-order valence-electron chi connectivity index (χ3n) is 10.2. The molecule has 0 unspecified atom stereocenters. The van der Waals surface area contributed by atoms with Crippen molar-refractivity contribution in [3.63, 3.8) is 0 Å². The van der Waals surface area contributed by atoms with E-state index in [9.17, 15) is 9.59 Å². The molecule has 2 saturated heterocycles. The number of hydrogen-bond donors (Lipinski definition) is 0. The average Bonchev–Trinajstić information content (AvgIpc) is 3.49. The minimum atomic E-state index is -0.476. The summed E-state index contributed by atoms with van der Waals surface area (Å²) in [6.45, 7) is 20.2. The van der Waals surface area contributed by atoms with Crippen LogP contribution in [-0.4, -0.2) is 95.4 Å². The third kappa shape index (κ3) is 7.91. The van der Waals surface area contributed by atoms with Gasteiger partial charge in [-0.25, -0.2) is 0 Å². The Morgan fingerprint density at radius 3 is 2.12 bits per heavy atom. The zero-order chi connectivity index (χ0) is 32.1. The Kier molecular flexibility index (Phi) is 10.3. The lowest BCUT2D eigenvalue weighted by Crippen LogP contribution is -2.54. The summed E-state index contributed by atoms with van der Waals surface area (Å²) in [5.74, 6) is 0.155. The second kappa shape index (κ2) is 12.8. The first kappa shape index (κ1) is 34.5. The van der Waals surface area contributed by atoms with Crippen LogP contribution < -0.4 is 0 Å². The number of carbonyl (C=O) groups excluding carboxylic acids is 2. The summed E-state index contributed by atoms with van der Waals surface area (Å²) < 4.78 is 0. The second-order valence-electron chi connectivity index (χ2n) is 16.6. The number of benzene rings is 1. The first-order chi connectivity index (χ1) is 19.8. The molecule has 2 aliphatic heterocycles. The molecule has 43 heavy (non-hydrogen) atoms. The Balaban J connectivity index is 1.67. The standard InChI is InChI=1S/C35H56Cl2N4O2/c1-33(2,3)32(43)41(24-13-15-35(7,8)16-14-24)26-18-25(19-38(9)10)40(20-26)31(42)29-22-39(34(4,5)6)21-28(29)27-12-11-23(36)17-30(27)37/h11-12,17,24-26,28-29H,13-16,18-22H2,1-10H3/t25-,26-,28-,29+/m0/s1. The van der Waals surface area contributed by atoms with Crippen molar-refractivity contribution in [3.8, 4) is 0 Å². The summed E-state index contributed by atoms with van der Waals surface area (Å²) >= 11 is 13.0. The molecule has 4 rings (SSSR count). The van der Waals surface area contributed by atoms with Gasteiger partial charge in [-0.2, -0.15) is 0 Å². The predicted molar refractivity (Wildman–Crippen MR) is 179 cm³/mol. The van der Waals surface area contributed by atoms with Gasteiger partial charge in [-0.15, -0.1) is 0 Å². The van der Waals surface area contributed by atoms with Crippen LogP contribution in [0.4, 0.5) is 0 Å². The van der Waals surface area contributed by atoms with Gasteiger partial charge in [0, 0.05) is 65.2 Å². The van der Waals surface area contributed by atoms with Crippen molar-refractivity contribution in [2.24, 2.45) is 16.7 Å². The number of nitrogens with zero attached hydrogens (tertiary/aromatic N) is 4. The highest BCUT2D eigenvalue weighted by Crippen LogP contribution is 2.43. The van der Waals surface area contributed by atoms with E-state index < -0.39 is 5.41 Å². The van der Waals surface area contributed by atoms with Gasteiger partial charge < -0.3 is 14.7 Å². The lowest BCUT2D eigenvalue weighted by molar-refractivity contribution is -0.147. The molecule has 3 aliphatic rings. The molecule has 1 aromatic rings. The quantitative estimate of drug-likeness (QED) is 0.332. The van der Waals surface area contributed by atoms with Crippen LogP contribution in [0.25, 0.3) is 0 Å². The van der Waals surface area contributed by atoms with E-state index in [1.807, 2.05) is 32.9 Å².